The fourth-order valence-electron chi connectivity index (χ4n) is 1.40. The standard InChI is InChI=1S/C9H17N3O/c1-8(6-10)9(13)7-12-4-2-11-3-5-12/h8-9,11,13H,2-5,7H2,1H3. The van der Waals surface area contributed by atoms with Crippen LogP contribution in [0.4, 0.5) is 0 Å². The van der Waals surface area contributed by atoms with Crippen LogP contribution in [0.25, 0.3) is 0 Å². The van der Waals surface area contributed by atoms with Crippen LogP contribution in [0.5, 0.6) is 0 Å². The molecule has 0 radical (unpaired) electrons. The summed E-state index contributed by atoms with van der Waals surface area (Å²) in [5, 5.41) is 21.4. The van der Waals surface area contributed by atoms with Crippen LogP contribution in [-0.2, 0) is 0 Å². The van der Waals surface area contributed by atoms with Gasteiger partial charge in [-0.3, -0.25) is 4.90 Å². The van der Waals surface area contributed by atoms with E-state index in [0.29, 0.717) is 6.54 Å². The Labute approximate surface area is 79.1 Å². The third-order valence-electron chi connectivity index (χ3n) is 2.44. The number of rotatable bonds is 3. The van der Waals surface area contributed by atoms with Crippen LogP contribution in [0.15, 0.2) is 0 Å². The summed E-state index contributed by atoms with van der Waals surface area (Å²) in [6, 6.07) is 2.06. The van der Waals surface area contributed by atoms with Gasteiger partial charge in [-0.15, -0.1) is 0 Å². The number of hydrogen-bond donors (Lipinski definition) is 2. The van der Waals surface area contributed by atoms with Crippen molar-refractivity contribution in [1.82, 2.24) is 10.2 Å². The van der Waals surface area contributed by atoms with Crippen molar-refractivity contribution in [3.05, 3.63) is 0 Å². The monoisotopic (exact) mass is 183 g/mol. The van der Waals surface area contributed by atoms with Crippen molar-refractivity contribution in [1.29, 1.82) is 5.26 Å². The first-order chi connectivity index (χ1) is 6.24. The van der Waals surface area contributed by atoms with E-state index < -0.39 is 6.10 Å². The topological polar surface area (TPSA) is 59.3 Å². The minimum atomic E-state index is -0.511. The van der Waals surface area contributed by atoms with E-state index in [9.17, 15) is 5.11 Å². The smallest absolute Gasteiger partial charge is 0.0822 e. The van der Waals surface area contributed by atoms with Crippen molar-refractivity contribution in [3.63, 3.8) is 0 Å². The molecule has 4 nitrogen and oxygen atoms in total. The van der Waals surface area contributed by atoms with Gasteiger partial charge >= 0.3 is 0 Å². The first-order valence-corrected chi connectivity index (χ1v) is 4.75. The number of nitrogens with one attached hydrogen (secondary N) is 1. The Kier molecular flexibility index (Phi) is 4.16. The van der Waals surface area contributed by atoms with Gasteiger partial charge in [0, 0.05) is 32.7 Å². The van der Waals surface area contributed by atoms with Crippen molar-refractivity contribution in [2.24, 2.45) is 5.92 Å². The fraction of sp³-hybridized carbons (Fsp3) is 0.889. The van der Waals surface area contributed by atoms with Crippen LogP contribution < -0.4 is 5.32 Å². The molecule has 0 bridgehead atoms. The van der Waals surface area contributed by atoms with Crippen molar-refractivity contribution in [2.75, 3.05) is 32.7 Å². The maximum Gasteiger partial charge on any atom is 0.0822 e. The molecule has 1 aliphatic rings. The van der Waals surface area contributed by atoms with E-state index in [-0.39, 0.29) is 5.92 Å². The first kappa shape index (κ1) is 10.5. The fourth-order valence-corrected chi connectivity index (χ4v) is 1.40. The molecule has 1 heterocycles. The highest BCUT2D eigenvalue weighted by Gasteiger charge is 2.18. The number of piperazine rings is 1. The normalized spacial score (nSPS) is 23.5. The predicted molar refractivity (Wildman–Crippen MR) is 50.1 cm³/mol. The van der Waals surface area contributed by atoms with Gasteiger partial charge < -0.3 is 10.4 Å². The summed E-state index contributed by atoms with van der Waals surface area (Å²) in [5.41, 5.74) is 0. The van der Waals surface area contributed by atoms with Crippen LogP contribution in [0, 0.1) is 17.2 Å². The quantitative estimate of drug-likeness (QED) is 0.614. The summed E-state index contributed by atoms with van der Waals surface area (Å²) < 4.78 is 0. The van der Waals surface area contributed by atoms with E-state index in [1.165, 1.54) is 0 Å². The molecule has 1 rings (SSSR count). The minimum absolute atomic E-state index is 0.269. The molecule has 2 N–H and O–H groups in total. The van der Waals surface area contributed by atoms with E-state index in [1.54, 1.807) is 6.92 Å². The van der Waals surface area contributed by atoms with Gasteiger partial charge in [-0.05, 0) is 6.92 Å². The molecule has 0 aromatic carbocycles. The maximum absolute atomic E-state index is 9.59. The van der Waals surface area contributed by atoms with E-state index in [1.807, 2.05) is 0 Å². The summed E-state index contributed by atoms with van der Waals surface area (Å²) >= 11 is 0. The summed E-state index contributed by atoms with van der Waals surface area (Å²) in [5.74, 6) is -0.269. The van der Waals surface area contributed by atoms with Gasteiger partial charge in [0.25, 0.3) is 0 Å². The molecule has 0 aliphatic carbocycles. The highest BCUT2D eigenvalue weighted by atomic mass is 16.3. The van der Waals surface area contributed by atoms with E-state index >= 15 is 0 Å². The zero-order valence-corrected chi connectivity index (χ0v) is 8.03. The molecule has 1 saturated heterocycles. The minimum Gasteiger partial charge on any atom is -0.390 e. The van der Waals surface area contributed by atoms with Gasteiger partial charge in [-0.25, -0.2) is 0 Å². The third-order valence-corrected chi connectivity index (χ3v) is 2.44. The number of β-amino-alcohol motifs (C(OH)–C–C–N with tert-alkyl or cyclic N) is 1. The summed E-state index contributed by atoms with van der Waals surface area (Å²) in [4.78, 5) is 2.19. The lowest BCUT2D eigenvalue weighted by atomic mass is 10.1. The second kappa shape index (κ2) is 5.18. The van der Waals surface area contributed by atoms with Crippen molar-refractivity contribution in [3.8, 4) is 6.07 Å². The summed E-state index contributed by atoms with van der Waals surface area (Å²) in [6.07, 6.45) is -0.511. The molecule has 2 unspecified atom stereocenters. The molecule has 0 amide bonds. The van der Waals surface area contributed by atoms with Crippen molar-refractivity contribution in [2.45, 2.75) is 13.0 Å². The molecule has 0 spiro atoms. The van der Waals surface area contributed by atoms with Crippen LogP contribution in [0.2, 0.25) is 0 Å². The Morgan fingerprint density at radius 1 is 1.54 bits per heavy atom. The Balaban J connectivity index is 2.26. The third kappa shape index (κ3) is 3.31. The van der Waals surface area contributed by atoms with Crippen LogP contribution in [0.1, 0.15) is 6.92 Å². The van der Waals surface area contributed by atoms with Crippen LogP contribution in [0.3, 0.4) is 0 Å². The number of aliphatic hydroxyl groups excluding tert-OH is 1. The second-order valence-electron chi connectivity index (χ2n) is 3.54. The zero-order chi connectivity index (χ0) is 9.68. The van der Waals surface area contributed by atoms with Gasteiger partial charge in [0.2, 0.25) is 0 Å². The molecule has 74 valence electrons. The van der Waals surface area contributed by atoms with E-state index in [4.69, 9.17) is 5.26 Å². The molecule has 0 aromatic rings. The molecule has 4 heteroatoms. The molecule has 1 fully saturated rings. The molecule has 0 saturated carbocycles. The molecule has 0 aromatic heterocycles. The number of nitrogens with zero attached hydrogens (tertiary/aromatic N) is 2. The van der Waals surface area contributed by atoms with Crippen molar-refractivity contribution >= 4 is 0 Å². The Bertz CT molecular complexity index is 184. The average Bonchev–Trinajstić information content (AvgIpc) is 2.18. The average molecular weight is 183 g/mol. The second-order valence-corrected chi connectivity index (χ2v) is 3.54. The zero-order valence-electron chi connectivity index (χ0n) is 8.03. The van der Waals surface area contributed by atoms with E-state index in [2.05, 4.69) is 16.3 Å². The largest absolute Gasteiger partial charge is 0.390 e. The lowest BCUT2D eigenvalue weighted by Crippen LogP contribution is -2.47. The Morgan fingerprint density at radius 2 is 2.15 bits per heavy atom. The number of nitriles is 1. The molecule has 1 aliphatic heterocycles. The molecular weight excluding hydrogens is 166 g/mol. The Morgan fingerprint density at radius 3 is 2.69 bits per heavy atom. The van der Waals surface area contributed by atoms with Crippen LogP contribution in [-0.4, -0.2) is 48.8 Å². The van der Waals surface area contributed by atoms with E-state index in [0.717, 1.165) is 26.2 Å². The molecular formula is C9H17N3O. The highest BCUT2D eigenvalue weighted by molar-refractivity contribution is 4.86. The van der Waals surface area contributed by atoms with Gasteiger partial charge in [-0.1, -0.05) is 0 Å². The summed E-state index contributed by atoms with van der Waals surface area (Å²) in [7, 11) is 0. The first-order valence-electron chi connectivity index (χ1n) is 4.75. The van der Waals surface area contributed by atoms with Crippen LogP contribution >= 0.6 is 0 Å². The number of hydrogen-bond acceptors (Lipinski definition) is 4. The molecule has 2 atom stereocenters. The van der Waals surface area contributed by atoms with Crippen molar-refractivity contribution < 1.29 is 5.11 Å². The van der Waals surface area contributed by atoms with Gasteiger partial charge in [0.15, 0.2) is 0 Å². The maximum atomic E-state index is 9.59. The van der Waals surface area contributed by atoms with Gasteiger partial charge in [-0.2, -0.15) is 5.26 Å². The molecule has 13 heavy (non-hydrogen) atoms. The lowest BCUT2D eigenvalue weighted by Gasteiger charge is -2.29. The highest BCUT2D eigenvalue weighted by Crippen LogP contribution is 2.04. The van der Waals surface area contributed by atoms with Gasteiger partial charge in [0.1, 0.15) is 0 Å². The van der Waals surface area contributed by atoms with Gasteiger partial charge in [0.05, 0.1) is 18.1 Å². The summed E-state index contributed by atoms with van der Waals surface area (Å²) in [6.45, 7) is 6.27. The SMILES string of the molecule is CC(C#N)C(O)CN1CCNCC1. The number of aliphatic hydroxyl groups is 1. The Hall–Kier alpha value is -0.630. The lowest BCUT2D eigenvalue weighted by molar-refractivity contribution is 0.0819. The predicted octanol–water partition coefficient (Wildman–Crippen LogP) is -0.588.